The van der Waals surface area contributed by atoms with Crippen LogP contribution in [-0.4, -0.2) is 40.4 Å². The van der Waals surface area contributed by atoms with Crippen molar-refractivity contribution in [3.8, 4) is 16.8 Å². The Labute approximate surface area is 282 Å². The third kappa shape index (κ3) is 4.69. The van der Waals surface area contributed by atoms with Crippen molar-refractivity contribution >= 4 is 45.4 Å². The van der Waals surface area contributed by atoms with Gasteiger partial charge in [0.25, 0.3) is 11.4 Å². The number of nitro benzene ring substituents is 2. The highest BCUT2D eigenvalue weighted by Gasteiger charge is 2.44. The van der Waals surface area contributed by atoms with Gasteiger partial charge in [-0.2, -0.15) is 0 Å². The largest absolute Gasteiger partial charge is 0.478 e. The Bertz CT molecular complexity index is 2600. The molecule has 0 saturated carbocycles. The van der Waals surface area contributed by atoms with Crippen molar-refractivity contribution in [2.24, 2.45) is 0 Å². The number of rotatable bonds is 7. The molecule has 12 heteroatoms. The van der Waals surface area contributed by atoms with Crippen molar-refractivity contribution in [2.45, 2.75) is 11.8 Å². The molecule has 8 rings (SSSR count). The summed E-state index contributed by atoms with van der Waals surface area (Å²) in [6.45, 7) is 0. The van der Waals surface area contributed by atoms with E-state index in [9.17, 15) is 30.1 Å². The lowest BCUT2D eigenvalue weighted by Gasteiger charge is -2.34. The van der Waals surface area contributed by atoms with Crippen LogP contribution in [0.15, 0.2) is 122 Å². The lowest BCUT2D eigenvalue weighted by atomic mass is 9.71. The van der Waals surface area contributed by atoms with E-state index in [1.807, 2.05) is 53.1 Å². The van der Waals surface area contributed by atoms with Gasteiger partial charge in [-0.1, -0.05) is 48.5 Å². The molecule has 1 aliphatic rings. The standard InChI is InChI=1S/C38H24N6O6/c45-36(46)27-14-16-33-35(34(27)26-9-1-3-11-31(26)43(47)48)41-37(42(33)25-13-15-29-23(21-25)7-5-19-39-29)38(28-10-2-4-12-32(28)44(49)50)18-17-30-24(22-38)8-6-20-40-30/h1-21H,22H2,(H,45,46). The van der Waals surface area contributed by atoms with E-state index >= 15 is 0 Å². The third-order valence-corrected chi connectivity index (χ3v) is 9.17. The number of pyridine rings is 2. The number of imidazole rings is 1. The lowest BCUT2D eigenvalue weighted by molar-refractivity contribution is -0.385. The molecule has 1 N–H and O–H groups in total. The molecule has 0 amide bonds. The summed E-state index contributed by atoms with van der Waals surface area (Å²) in [5.41, 5.74) is 2.13. The maximum atomic E-state index is 12.8. The normalized spacial score (nSPS) is 15.2. The first-order valence-corrected chi connectivity index (χ1v) is 15.5. The number of para-hydroxylation sites is 2. The molecule has 7 aromatic rings. The van der Waals surface area contributed by atoms with Crippen molar-refractivity contribution in [2.75, 3.05) is 0 Å². The van der Waals surface area contributed by atoms with Gasteiger partial charge in [0.05, 0.1) is 48.6 Å². The summed E-state index contributed by atoms with van der Waals surface area (Å²) in [5.74, 6) is -0.947. The van der Waals surface area contributed by atoms with E-state index in [-0.39, 0.29) is 40.0 Å². The second-order valence-corrected chi connectivity index (χ2v) is 11.9. The van der Waals surface area contributed by atoms with Crippen LogP contribution >= 0.6 is 0 Å². The van der Waals surface area contributed by atoms with Crippen molar-refractivity contribution in [3.05, 3.63) is 170 Å². The molecule has 0 fully saturated rings. The molecule has 0 bridgehead atoms. The van der Waals surface area contributed by atoms with Crippen LogP contribution in [0.5, 0.6) is 0 Å². The molecule has 3 aromatic heterocycles. The Morgan fingerprint density at radius 1 is 0.820 bits per heavy atom. The number of nitrogens with zero attached hydrogens (tertiary/aromatic N) is 6. The van der Waals surface area contributed by atoms with Gasteiger partial charge in [0.2, 0.25) is 0 Å². The van der Waals surface area contributed by atoms with Gasteiger partial charge in [-0.25, -0.2) is 9.78 Å². The minimum absolute atomic E-state index is 0.0596. The smallest absolute Gasteiger partial charge is 0.336 e. The van der Waals surface area contributed by atoms with Crippen LogP contribution in [0.1, 0.15) is 33.0 Å². The number of hydrogen-bond donors (Lipinski definition) is 1. The van der Waals surface area contributed by atoms with Crippen LogP contribution < -0.4 is 0 Å². The number of benzene rings is 4. The van der Waals surface area contributed by atoms with Crippen molar-refractivity contribution < 1.29 is 19.7 Å². The number of carboxylic acids is 1. The minimum atomic E-state index is -1.29. The van der Waals surface area contributed by atoms with Crippen LogP contribution in [-0.2, 0) is 11.8 Å². The molecule has 1 unspecified atom stereocenters. The highest BCUT2D eigenvalue weighted by molar-refractivity contribution is 6.07. The molecule has 1 atom stereocenters. The van der Waals surface area contributed by atoms with Gasteiger partial charge in [0.15, 0.2) is 0 Å². The molecule has 0 radical (unpaired) electrons. The highest BCUT2D eigenvalue weighted by Crippen LogP contribution is 2.47. The number of aromatic carboxylic acids is 1. The first kappa shape index (κ1) is 30.3. The number of carbonyl (C=O) groups is 1. The number of aromatic nitrogens is 4. The Morgan fingerprint density at radius 2 is 1.56 bits per heavy atom. The molecule has 1 aliphatic carbocycles. The van der Waals surface area contributed by atoms with E-state index in [4.69, 9.17) is 4.98 Å². The number of carboxylic acid groups (broad SMARTS) is 1. The molecule has 0 spiro atoms. The number of fused-ring (bicyclic) bond motifs is 3. The van der Waals surface area contributed by atoms with Crippen LogP contribution in [0.4, 0.5) is 11.4 Å². The predicted molar refractivity (Wildman–Crippen MR) is 186 cm³/mol. The SMILES string of the molecule is O=C(O)c1ccc2c(nc(C3(c4ccccc4[N+](=O)[O-])C=Cc4ncccc4C3)n2-c2ccc3ncccc3c2)c1-c1ccccc1[N+](=O)[O-]. The number of nitro groups is 2. The van der Waals surface area contributed by atoms with Gasteiger partial charge in [-0.3, -0.25) is 34.8 Å². The van der Waals surface area contributed by atoms with E-state index in [0.29, 0.717) is 28.3 Å². The Hall–Kier alpha value is -7.08. The van der Waals surface area contributed by atoms with Gasteiger partial charge in [0.1, 0.15) is 5.82 Å². The summed E-state index contributed by atoms with van der Waals surface area (Å²) in [6.07, 6.45) is 7.26. The molecule has 0 aliphatic heterocycles. The zero-order chi connectivity index (χ0) is 34.6. The van der Waals surface area contributed by atoms with Gasteiger partial charge >= 0.3 is 5.97 Å². The molecule has 0 saturated heterocycles. The summed E-state index contributed by atoms with van der Waals surface area (Å²) in [7, 11) is 0. The molecule has 3 heterocycles. The number of hydrogen-bond acceptors (Lipinski definition) is 8. The van der Waals surface area contributed by atoms with Crippen molar-refractivity contribution in [1.82, 2.24) is 19.5 Å². The van der Waals surface area contributed by atoms with E-state index < -0.39 is 21.2 Å². The third-order valence-electron chi connectivity index (χ3n) is 9.17. The molecule has 50 heavy (non-hydrogen) atoms. The Morgan fingerprint density at radius 3 is 2.36 bits per heavy atom. The minimum Gasteiger partial charge on any atom is -0.478 e. The molecule has 12 nitrogen and oxygen atoms in total. The fraction of sp³-hybridized carbons (Fsp3) is 0.0526. The van der Waals surface area contributed by atoms with Crippen LogP contribution in [0.25, 0.3) is 44.8 Å². The topological polar surface area (TPSA) is 167 Å². The number of allylic oxidation sites excluding steroid dienone is 1. The second-order valence-electron chi connectivity index (χ2n) is 11.9. The summed E-state index contributed by atoms with van der Waals surface area (Å²) >= 11 is 0. The second kappa shape index (κ2) is 11.6. The average molecular weight is 661 g/mol. The van der Waals surface area contributed by atoms with Crippen LogP contribution in [0.2, 0.25) is 0 Å². The first-order chi connectivity index (χ1) is 24.3. The zero-order valence-electron chi connectivity index (χ0n) is 26.0. The fourth-order valence-corrected chi connectivity index (χ4v) is 7.00. The quantitative estimate of drug-likeness (QED) is 0.133. The average Bonchev–Trinajstić information content (AvgIpc) is 3.54. The van der Waals surface area contributed by atoms with Gasteiger partial charge in [-0.15, -0.1) is 0 Å². The Balaban J connectivity index is 1.56. The van der Waals surface area contributed by atoms with E-state index in [1.165, 1.54) is 30.3 Å². The van der Waals surface area contributed by atoms with Crippen molar-refractivity contribution in [3.63, 3.8) is 0 Å². The summed E-state index contributed by atoms with van der Waals surface area (Å²) in [5, 5.41) is 36.1. The van der Waals surface area contributed by atoms with E-state index in [1.54, 1.807) is 48.8 Å². The molecular formula is C38H24N6O6. The van der Waals surface area contributed by atoms with Crippen LogP contribution in [0.3, 0.4) is 0 Å². The summed E-state index contributed by atoms with van der Waals surface area (Å²) in [4.78, 5) is 50.9. The van der Waals surface area contributed by atoms with E-state index in [0.717, 1.165) is 16.5 Å². The summed E-state index contributed by atoms with van der Waals surface area (Å²) in [6, 6.07) is 28.5. The molecule has 4 aromatic carbocycles. The summed E-state index contributed by atoms with van der Waals surface area (Å²) < 4.78 is 1.86. The van der Waals surface area contributed by atoms with Gasteiger partial charge in [-0.05, 0) is 66.6 Å². The zero-order valence-corrected chi connectivity index (χ0v) is 26.0. The fourth-order valence-electron chi connectivity index (χ4n) is 7.00. The maximum Gasteiger partial charge on any atom is 0.336 e. The molecule has 242 valence electrons. The predicted octanol–water partition coefficient (Wildman–Crippen LogP) is 7.71. The van der Waals surface area contributed by atoms with Crippen molar-refractivity contribution in [1.29, 1.82) is 0 Å². The molecular weight excluding hydrogens is 636 g/mol. The Kier molecular flexibility index (Phi) is 7.00. The monoisotopic (exact) mass is 660 g/mol. The van der Waals surface area contributed by atoms with Gasteiger partial charge < -0.3 is 5.11 Å². The van der Waals surface area contributed by atoms with Crippen LogP contribution in [0, 0.1) is 20.2 Å². The maximum absolute atomic E-state index is 12.8. The highest BCUT2D eigenvalue weighted by atomic mass is 16.6. The first-order valence-electron chi connectivity index (χ1n) is 15.5. The van der Waals surface area contributed by atoms with Gasteiger partial charge in [0, 0.05) is 46.7 Å². The lowest BCUT2D eigenvalue weighted by Crippen LogP contribution is -2.34. The van der Waals surface area contributed by atoms with E-state index in [2.05, 4.69) is 9.97 Å².